The predicted molar refractivity (Wildman–Crippen MR) is 147 cm³/mol. The van der Waals surface area contributed by atoms with Crippen molar-refractivity contribution < 1.29 is 28.0 Å². The van der Waals surface area contributed by atoms with Crippen LogP contribution in [0.3, 0.4) is 0 Å². The molecule has 3 unspecified atom stereocenters. The van der Waals surface area contributed by atoms with Gasteiger partial charge >= 0.3 is 6.09 Å². The SMILES string of the molecule is COC1CC(C(=O)Nc2cc(C(CCC3CC3)(N[S@](=O)C(C)(C)C)c3ccncc3)ccc2F)N(C(=O)O)C1. The number of likely N-dealkylation sites (tertiary alicyclic amines) is 1. The van der Waals surface area contributed by atoms with E-state index in [-0.39, 0.29) is 18.7 Å². The smallest absolute Gasteiger partial charge is 0.408 e. The second kappa shape index (κ2) is 11.7. The van der Waals surface area contributed by atoms with Gasteiger partial charge in [-0.2, -0.15) is 0 Å². The molecule has 1 aliphatic carbocycles. The van der Waals surface area contributed by atoms with Crippen molar-refractivity contribution in [1.29, 1.82) is 0 Å². The summed E-state index contributed by atoms with van der Waals surface area (Å²) in [5.41, 5.74) is 0.450. The van der Waals surface area contributed by atoms with Crippen molar-refractivity contribution >= 4 is 28.7 Å². The molecule has 4 rings (SSSR count). The Balaban J connectivity index is 1.73. The van der Waals surface area contributed by atoms with E-state index in [1.165, 1.54) is 13.2 Å². The highest BCUT2D eigenvalue weighted by Crippen LogP contribution is 2.42. The molecule has 1 saturated heterocycles. The average Bonchev–Trinajstić information content (AvgIpc) is 3.62. The van der Waals surface area contributed by atoms with Gasteiger partial charge in [-0.15, -0.1) is 0 Å². The molecule has 3 N–H and O–H groups in total. The van der Waals surface area contributed by atoms with Crippen molar-refractivity contribution in [2.24, 2.45) is 5.92 Å². The average molecular weight is 561 g/mol. The third-order valence-electron chi connectivity index (χ3n) is 7.48. The van der Waals surface area contributed by atoms with Crippen molar-refractivity contribution in [3.05, 3.63) is 59.7 Å². The fourth-order valence-corrected chi connectivity index (χ4v) is 5.89. The van der Waals surface area contributed by atoms with Crippen molar-refractivity contribution in [2.45, 2.75) is 75.3 Å². The Kier molecular flexibility index (Phi) is 8.72. The van der Waals surface area contributed by atoms with E-state index >= 15 is 4.39 Å². The summed E-state index contributed by atoms with van der Waals surface area (Å²) in [6.07, 6.45) is 5.61. The molecule has 1 aromatic carbocycles. The normalized spacial score (nSPS) is 21.8. The molecule has 212 valence electrons. The summed E-state index contributed by atoms with van der Waals surface area (Å²) >= 11 is 0. The second-order valence-electron chi connectivity index (χ2n) is 11.3. The molecule has 1 saturated carbocycles. The number of methoxy groups -OCH3 is 1. The van der Waals surface area contributed by atoms with Gasteiger partial charge in [-0.3, -0.25) is 14.7 Å². The van der Waals surface area contributed by atoms with Gasteiger partial charge in [-0.1, -0.05) is 18.9 Å². The Morgan fingerprint density at radius 2 is 1.87 bits per heavy atom. The summed E-state index contributed by atoms with van der Waals surface area (Å²) in [5.74, 6) is -0.710. The van der Waals surface area contributed by atoms with Crippen LogP contribution < -0.4 is 10.0 Å². The van der Waals surface area contributed by atoms with Crippen LogP contribution in [0.25, 0.3) is 0 Å². The number of hydrogen-bond acceptors (Lipinski definition) is 5. The van der Waals surface area contributed by atoms with Gasteiger partial charge in [0, 0.05) is 25.9 Å². The molecular weight excluding hydrogens is 523 g/mol. The zero-order valence-electron chi connectivity index (χ0n) is 22.8. The number of halogens is 1. The van der Waals surface area contributed by atoms with Crippen LogP contribution in [-0.2, 0) is 26.1 Å². The maximum Gasteiger partial charge on any atom is 0.408 e. The molecule has 0 spiro atoms. The van der Waals surface area contributed by atoms with Crippen molar-refractivity contribution in [1.82, 2.24) is 14.6 Å². The molecule has 2 aliphatic rings. The first kappa shape index (κ1) is 29.1. The number of rotatable bonds is 10. The van der Waals surface area contributed by atoms with Gasteiger partial charge < -0.3 is 15.2 Å². The third-order valence-corrected chi connectivity index (χ3v) is 9.13. The zero-order valence-corrected chi connectivity index (χ0v) is 23.6. The fraction of sp³-hybridized carbons (Fsp3) is 0.536. The maximum atomic E-state index is 15.1. The lowest BCUT2D eigenvalue weighted by Gasteiger charge is -2.38. The fourth-order valence-electron chi connectivity index (χ4n) is 4.93. The summed E-state index contributed by atoms with van der Waals surface area (Å²) in [6, 6.07) is 7.18. The predicted octanol–water partition coefficient (Wildman–Crippen LogP) is 4.41. The van der Waals surface area contributed by atoms with Gasteiger partial charge in [0.05, 0.1) is 39.6 Å². The molecule has 0 bridgehead atoms. The highest BCUT2D eigenvalue weighted by molar-refractivity contribution is 7.84. The van der Waals surface area contributed by atoms with Gasteiger partial charge in [0.15, 0.2) is 0 Å². The zero-order chi connectivity index (χ0) is 28.4. The van der Waals surface area contributed by atoms with Gasteiger partial charge in [0.25, 0.3) is 0 Å². The van der Waals surface area contributed by atoms with Crippen LogP contribution >= 0.6 is 0 Å². The molecule has 2 heterocycles. The first-order valence-corrected chi connectivity index (χ1v) is 14.3. The molecule has 39 heavy (non-hydrogen) atoms. The standard InChI is InChI=1S/C28H37FN4O5S/c1-27(2,3)39(37)32-28(12-9-18-5-6-18,19-10-13-30-14-11-19)20-7-8-22(29)23(15-20)31-25(34)24-16-21(38-4)17-33(24)26(35)36/h7-8,10-11,13-15,18,21,24,32H,5-6,9,12,16-17H2,1-4H3,(H,31,34)(H,35,36)/t21?,24?,28?,39-/m1/s1. The largest absolute Gasteiger partial charge is 0.465 e. The van der Waals surface area contributed by atoms with Gasteiger partial charge in [-0.05, 0) is 74.9 Å². The third kappa shape index (κ3) is 6.64. The monoisotopic (exact) mass is 560 g/mol. The van der Waals surface area contributed by atoms with Crippen molar-refractivity contribution in [3.8, 4) is 0 Å². The molecule has 1 aliphatic heterocycles. The van der Waals surface area contributed by atoms with Crippen LogP contribution in [0.15, 0.2) is 42.7 Å². The summed E-state index contributed by atoms with van der Waals surface area (Å²) in [7, 11) is -0.0179. The summed E-state index contributed by atoms with van der Waals surface area (Å²) in [6.45, 7) is 5.70. The van der Waals surface area contributed by atoms with Crippen LogP contribution in [0.5, 0.6) is 0 Å². The number of aromatic nitrogens is 1. The molecule has 0 radical (unpaired) electrons. The number of amides is 2. The lowest BCUT2D eigenvalue weighted by molar-refractivity contribution is -0.120. The number of nitrogens with one attached hydrogen (secondary N) is 2. The minimum Gasteiger partial charge on any atom is -0.465 e. The number of hydrogen-bond donors (Lipinski definition) is 3. The quantitative estimate of drug-likeness (QED) is 0.396. The number of carbonyl (C=O) groups excluding carboxylic acids is 1. The summed E-state index contributed by atoms with van der Waals surface area (Å²) < 4.78 is 36.7. The second-order valence-corrected chi connectivity index (χ2v) is 13.3. The van der Waals surface area contributed by atoms with E-state index in [4.69, 9.17) is 4.74 Å². The Labute approximate surface area is 231 Å². The number of anilines is 1. The van der Waals surface area contributed by atoms with E-state index in [1.807, 2.05) is 32.9 Å². The minimum absolute atomic E-state index is 0.0568. The first-order chi connectivity index (χ1) is 18.4. The Morgan fingerprint density at radius 1 is 1.18 bits per heavy atom. The van der Waals surface area contributed by atoms with E-state index in [0.717, 1.165) is 29.7 Å². The van der Waals surface area contributed by atoms with Crippen LogP contribution in [0.2, 0.25) is 0 Å². The molecular formula is C28H37FN4O5S. The van der Waals surface area contributed by atoms with Crippen LogP contribution in [-0.4, -0.2) is 61.7 Å². The molecule has 9 nitrogen and oxygen atoms in total. The van der Waals surface area contributed by atoms with E-state index in [1.54, 1.807) is 24.5 Å². The number of carboxylic acid groups (broad SMARTS) is 1. The minimum atomic E-state index is -1.48. The number of pyridine rings is 1. The Bertz CT molecular complexity index is 1220. The van der Waals surface area contributed by atoms with E-state index in [0.29, 0.717) is 17.9 Å². The molecule has 1 aromatic heterocycles. The Morgan fingerprint density at radius 3 is 2.46 bits per heavy atom. The first-order valence-electron chi connectivity index (χ1n) is 13.2. The van der Waals surface area contributed by atoms with Crippen molar-refractivity contribution in [2.75, 3.05) is 19.0 Å². The maximum absolute atomic E-state index is 15.1. The van der Waals surface area contributed by atoms with Gasteiger partial charge in [0.2, 0.25) is 5.91 Å². The Hall–Kier alpha value is -2.89. The summed E-state index contributed by atoms with van der Waals surface area (Å²) in [4.78, 5) is 30.1. The molecule has 2 aromatic rings. The molecule has 11 heteroatoms. The highest BCUT2D eigenvalue weighted by Gasteiger charge is 2.42. The van der Waals surface area contributed by atoms with Gasteiger partial charge in [-0.25, -0.2) is 18.1 Å². The molecule has 2 fully saturated rings. The highest BCUT2D eigenvalue weighted by atomic mass is 32.2. The summed E-state index contributed by atoms with van der Waals surface area (Å²) in [5, 5.41) is 12.2. The van der Waals surface area contributed by atoms with Crippen LogP contribution in [0.1, 0.15) is 64.0 Å². The van der Waals surface area contributed by atoms with Crippen molar-refractivity contribution in [3.63, 3.8) is 0 Å². The van der Waals surface area contributed by atoms with Crippen LogP contribution in [0, 0.1) is 11.7 Å². The van der Waals surface area contributed by atoms with E-state index < -0.39 is 51.2 Å². The van der Waals surface area contributed by atoms with E-state index in [2.05, 4.69) is 15.0 Å². The number of benzene rings is 1. The number of ether oxygens (including phenoxy) is 1. The number of nitrogens with zero attached hydrogens (tertiary/aromatic N) is 2. The van der Waals surface area contributed by atoms with Crippen LogP contribution in [0.4, 0.5) is 14.9 Å². The topological polar surface area (TPSA) is 121 Å². The molecule has 2 amide bonds. The van der Waals surface area contributed by atoms with E-state index in [9.17, 15) is 18.9 Å². The van der Waals surface area contributed by atoms with Gasteiger partial charge in [0.1, 0.15) is 11.9 Å². The lowest BCUT2D eigenvalue weighted by atomic mass is 9.79. The number of carbonyl (C=O) groups is 2. The molecule has 4 atom stereocenters. The lowest BCUT2D eigenvalue weighted by Crippen LogP contribution is -2.49.